The Kier molecular flexibility index (Phi) is 6.40. The van der Waals surface area contributed by atoms with Crippen molar-refractivity contribution in [1.29, 1.82) is 0 Å². The Labute approximate surface area is 230 Å². The molecule has 192 valence electrons. The van der Waals surface area contributed by atoms with Gasteiger partial charge in [0.2, 0.25) is 11.8 Å². The number of nitrogens with zero attached hydrogens (tertiary/aromatic N) is 2. The number of benzene rings is 3. The highest BCUT2D eigenvalue weighted by atomic mass is 79.9. The molecule has 38 heavy (non-hydrogen) atoms. The minimum atomic E-state index is -0.796. The largest absolute Gasteiger partial charge is 0.494 e. The van der Waals surface area contributed by atoms with E-state index in [-0.39, 0.29) is 17.6 Å². The smallest absolute Gasteiger partial charge is 0.240 e. The molecule has 6 rings (SSSR count). The number of rotatable bonds is 7. The van der Waals surface area contributed by atoms with Gasteiger partial charge in [0.1, 0.15) is 11.8 Å². The van der Waals surface area contributed by atoms with Crippen LogP contribution in [0.2, 0.25) is 0 Å². The second kappa shape index (κ2) is 9.87. The van der Waals surface area contributed by atoms with Crippen LogP contribution in [0.1, 0.15) is 35.7 Å². The summed E-state index contributed by atoms with van der Waals surface area (Å²) in [7, 11) is 0. The van der Waals surface area contributed by atoms with E-state index >= 15 is 0 Å². The van der Waals surface area contributed by atoms with E-state index in [1.54, 1.807) is 36.4 Å². The summed E-state index contributed by atoms with van der Waals surface area (Å²) in [5, 5.41) is 0. The molecular formula is C31H27BrN2O4. The van der Waals surface area contributed by atoms with Gasteiger partial charge in [-0.2, -0.15) is 0 Å². The summed E-state index contributed by atoms with van der Waals surface area (Å²) >= 11 is 3.43. The van der Waals surface area contributed by atoms with Gasteiger partial charge >= 0.3 is 0 Å². The monoisotopic (exact) mass is 570 g/mol. The van der Waals surface area contributed by atoms with E-state index in [4.69, 9.17) is 4.74 Å². The second-order valence-corrected chi connectivity index (χ2v) is 10.8. The summed E-state index contributed by atoms with van der Waals surface area (Å²) in [4.78, 5) is 45.2. The van der Waals surface area contributed by atoms with Crippen LogP contribution in [-0.2, 0) is 9.59 Å². The van der Waals surface area contributed by atoms with Gasteiger partial charge in [-0.3, -0.25) is 14.4 Å². The third kappa shape index (κ3) is 3.97. The van der Waals surface area contributed by atoms with Gasteiger partial charge in [0.15, 0.2) is 5.78 Å². The van der Waals surface area contributed by atoms with Gasteiger partial charge in [-0.25, -0.2) is 4.90 Å². The quantitative estimate of drug-likeness (QED) is 0.201. The van der Waals surface area contributed by atoms with E-state index in [1.165, 1.54) is 4.90 Å². The van der Waals surface area contributed by atoms with Crippen molar-refractivity contribution in [2.75, 3.05) is 16.4 Å². The lowest BCUT2D eigenvalue weighted by molar-refractivity contribution is -0.122. The Balaban J connectivity index is 1.38. The zero-order chi connectivity index (χ0) is 26.4. The van der Waals surface area contributed by atoms with E-state index in [1.807, 2.05) is 53.5 Å². The molecule has 2 saturated heterocycles. The maximum Gasteiger partial charge on any atom is 0.240 e. The summed E-state index contributed by atoms with van der Waals surface area (Å²) in [5.74, 6) is -1.53. The SMILES string of the molecule is CCCCOc1ccc(N2C(=O)[C@@H]3[C@H](C2=O)[C@@H]2C=Cc4ccccc4N2[C@@H]3C(=O)c2ccc(Br)cc2)cc1. The first kappa shape index (κ1) is 24.6. The fourth-order valence-corrected chi connectivity index (χ4v) is 6.14. The topological polar surface area (TPSA) is 66.9 Å². The molecule has 0 bridgehead atoms. The highest BCUT2D eigenvalue weighted by Crippen LogP contribution is 2.49. The van der Waals surface area contributed by atoms with Crippen LogP contribution >= 0.6 is 15.9 Å². The number of amides is 2. The minimum absolute atomic E-state index is 0.164. The predicted octanol–water partition coefficient (Wildman–Crippen LogP) is 5.90. The molecule has 7 heteroatoms. The maximum absolute atomic E-state index is 14.1. The molecule has 0 aromatic heterocycles. The Morgan fingerprint density at radius 1 is 0.921 bits per heavy atom. The molecule has 4 atom stereocenters. The molecular weight excluding hydrogens is 544 g/mol. The Hall–Kier alpha value is -3.71. The first-order valence-electron chi connectivity index (χ1n) is 13.0. The molecule has 0 radical (unpaired) electrons. The summed E-state index contributed by atoms with van der Waals surface area (Å²) in [6.45, 7) is 2.72. The van der Waals surface area contributed by atoms with Crippen molar-refractivity contribution >= 4 is 51.0 Å². The number of imide groups is 1. The number of anilines is 2. The predicted molar refractivity (Wildman–Crippen MR) is 150 cm³/mol. The molecule has 0 aliphatic carbocycles. The van der Waals surface area contributed by atoms with Crippen LogP contribution in [0.25, 0.3) is 6.08 Å². The first-order valence-corrected chi connectivity index (χ1v) is 13.7. The minimum Gasteiger partial charge on any atom is -0.494 e. The summed E-state index contributed by atoms with van der Waals surface area (Å²) in [6, 6.07) is 20.8. The number of hydrogen-bond donors (Lipinski definition) is 0. The highest BCUT2D eigenvalue weighted by molar-refractivity contribution is 9.10. The molecule has 3 aromatic rings. The molecule has 6 nitrogen and oxygen atoms in total. The summed E-state index contributed by atoms with van der Waals surface area (Å²) < 4.78 is 6.61. The number of carbonyl (C=O) groups is 3. The lowest BCUT2D eigenvalue weighted by atomic mass is 9.86. The van der Waals surface area contributed by atoms with Gasteiger partial charge < -0.3 is 9.64 Å². The van der Waals surface area contributed by atoms with Crippen LogP contribution in [0.5, 0.6) is 5.75 Å². The number of unbranched alkanes of at least 4 members (excludes halogenated alkanes) is 1. The highest BCUT2D eigenvalue weighted by Gasteiger charge is 2.64. The molecule has 0 N–H and O–H groups in total. The lowest BCUT2D eigenvalue weighted by Gasteiger charge is -2.36. The van der Waals surface area contributed by atoms with Gasteiger partial charge in [0, 0.05) is 15.7 Å². The van der Waals surface area contributed by atoms with Crippen molar-refractivity contribution < 1.29 is 19.1 Å². The Bertz CT molecular complexity index is 1430. The number of para-hydroxylation sites is 1. The molecule has 3 aliphatic rings. The van der Waals surface area contributed by atoms with Crippen molar-refractivity contribution in [3.8, 4) is 5.75 Å². The Morgan fingerprint density at radius 3 is 2.37 bits per heavy atom. The van der Waals surface area contributed by atoms with Crippen LogP contribution in [0.3, 0.4) is 0 Å². The van der Waals surface area contributed by atoms with Gasteiger partial charge in [-0.05, 0) is 54.4 Å². The van der Waals surface area contributed by atoms with Gasteiger partial charge in [-0.15, -0.1) is 0 Å². The van der Waals surface area contributed by atoms with E-state index in [0.717, 1.165) is 28.6 Å². The van der Waals surface area contributed by atoms with Crippen molar-refractivity contribution in [2.24, 2.45) is 11.8 Å². The van der Waals surface area contributed by atoms with Crippen LogP contribution in [-0.4, -0.2) is 36.3 Å². The van der Waals surface area contributed by atoms with Crippen molar-refractivity contribution in [1.82, 2.24) is 0 Å². The first-order chi connectivity index (χ1) is 18.5. The third-order valence-electron chi connectivity index (χ3n) is 7.67. The van der Waals surface area contributed by atoms with Crippen LogP contribution in [0, 0.1) is 11.8 Å². The number of carbonyl (C=O) groups excluding carboxylic acids is 3. The molecule has 3 heterocycles. The zero-order valence-corrected chi connectivity index (χ0v) is 22.5. The fraction of sp³-hybridized carbons (Fsp3) is 0.258. The standard InChI is InChI=1S/C31H27BrN2O4/c1-2-3-18-38-23-15-13-22(14-16-23)33-30(36)26-25-17-10-19-6-4-5-7-24(19)34(25)28(27(26)31(33)37)29(35)20-8-11-21(32)12-9-20/h4-17,25-28H,2-3,18H2,1H3/t25-,26+,27+,28-/m0/s1. The van der Waals surface area contributed by atoms with Gasteiger partial charge in [-0.1, -0.05) is 71.8 Å². The molecule has 0 spiro atoms. The molecule has 3 aliphatic heterocycles. The van der Waals surface area contributed by atoms with E-state index < -0.39 is 23.9 Å². The van der Waals surface area contributed by atoms with Gasteiger partial charge in [0.25, 0.3) is 0 Å². The zero-order valence-electron chi connectivity index (χ0n) is 20.9. The fourth-order valence-electron chi connectivity index (χ4n) is 5.88. The molecule has 0 saturated carbocycles. The van der Waals surface area contributed by atoms with Gasteiger partial charge in [0.05, 0.1) is 30.2 Å². The lowest BCUT2D eigenvalue weighted by Crippen LogP contribution is -2.48. The average Bonchev–Trinajstić information content (AvgIpc) is 3.42. The second-order valence-electron chi connectivity index (χ2n) is 9.89. The van der Waals surface area contributed by atoms with Crippen LogP contribution in [0.15, 0.2) is 83.3 Å². The Morgan fingerprint density at radius 2 is 1.63 bits per heavy atom. The van der Waals surface area contributed by atoms with Crippen molar-refractivity contribution in [2.45, 2.75) is 31.8 Å². The van der Waals surface area contributed by atoms with Crippen molar-refractivity contribution in [3.05, 3.63) is 94.5 Å². The number of halogens is 1. The van der Waals surface area contributed by atoms with E-state index in [0.29, 0.717) is 23.6 Å². The molecule has 2 fully saturated rings. The summed E-state index contributed by atoms with van der Waals surface area (Å²) in [5.41, 5.74) is 2.84. The average molecular weight is 571 g/mol. The van der Waals surface area contributed by atoms with Crippen LogP contribution < -0.4 is 14.5 Å². The molecule has 3 aromatic carbocycles. The number of Topliss-reactive ketones (excluding diaryl/α,β-unsaturated/α-hetero) is 1. The van der Waals surface area contributed by atoms with Crippen LogP contribution in [0.4, 0.5) is 11.4 Å². The number of fused-ring (bicyclic) bond motifs is 5. The van der Waals surface area contributed by atoms with E-state index in [2.05, 4.69) is 22.9 Å². The molecule has 0 unspecified atom stereocenters. The van der Waals surface area contributed by atoms with E-state index in [9.17, 15) is 14.4 Å². The maximum atomic E-state index is 14.1. The molecule has 2 amide bonds. The number of ether oxygens (including phenoxy) is 1. The van der Waals surface area contributed by atoms with Crippen molar-refractivity contribution in [3.63, 3.8) is 0 Å². The number of hydrogen-bond acceptors (Lipinski definition) is 5. The number of ketones is 1. The normalized spacial score (nSPS) is 23.3. The summed E-state index contributed by atoms with van der Waals surface area (Å²) in [6.07, 6.45) is 5.95. The third-order valence-corrected chi connectivity index (χ3v) is 8.20.